The van der Waals surface area contributed by atoms with Crippen molar-refractivity contribution in [1.29, 1.82) is 0 Å². The Morgan fingerprint density at radius 2 is 1.74 bits per heavy atom. The lowest BCUT2D eigenvalue weighted by Crippen LogP contribution is -2.50. The molecule has 23 heavy (non-hydrogen) atoms. The van der Waals surface area contributed by atoms with E-state index in [2.05, 4.69) is 47.0 Å². The van der Waals surface area contributed by atoms with Crippen molar-refractivity contribution in [3.8, 4) is 0 Å². The van der Waals surface area contributed by atoms with E-state index >= 15 is 0 Å². The molecule has 1 fully saturated rings. The van der Waals surface area contributed by atoms with Crippen molar-refractivity contribution in [3.63, 3.8) is 0 Å². The van der Waals surface area contributed by atoms with Crippen molar-refractivity contribution in [2.45, 2.75) is 51.3 Å². The summed E-state index contributed by atoms with van der Waals surface area (Å²) in [7, 11) is 0. The van der Waals surface area contributed by atoms with Crippen LogP contribution in [0.25, 0.3) is 10.8 Å². The number of ether oxygens (including phenoxy) is 1. The van der Waals surface area contributed by atoms with Crippen LogP contribution in [0.15, 0.2) is 42.5 Å². The van der Waals surface area contributed by atoms with Gasteiger partial charge in [-0.25, -0.2) is 4.79 Å². The average molecular weight is 312 g/mol. The molecule has 0 aliphatic heterocycles. The van der Waals surface area contributed by atoms with Gasteiger partial charge in [-0.2, -0.15) is 0 Å². The summed E-state index contributed by atoms with van der Waals surface area (Å²) in [6.45, 7) is 5.62. The first-order valence-electron chi connectivity index (χ1n) is 8.14. The molecule has 0 saturated heterocycles. The average Bonchev–Trinajstić information content (AvgIpc) is 2.43. The number of alkyl carbamates (subject to hydrolysis) is 1. The molecule has 0 unspecified atom stereocenters. The number of fused-ring (bicyclic) bond motifs is 1. The Morgan fingerprint density at radius 3 is 2.43 bits per heavy atom. The molecule has 0 heterocycles. The van der Waals surface area contributed by atoms with Crippen LogP contribution in [0.5, 0.6) is 0 Å². The highest BCUT2D eigenvalue weighted by atomic mass is 16.6. The van der Waals surface area contributed by atoms with Crippen molar-refractivity contribution in [3.05, 3.63) is 42.5 Å². The number of nitrogens with one attached hydrogen (secondary N) is 2. The largest absolute Gasteiger partial charge is 0.444 e. The smallest absolute Gasteiger partial charge is 0.407 e. The first-order valence-corrected chi connectivity index (χ1v) is 8.14. The van der Waals surface area contributed by atoms with Crippen molar-refractivity contribution in [1.82, 2.24) is 5.32 Å². The molecule has 0 bridgehead atoms. The van der Waals surface area contributed by atoms with Gasteiger partial charge in [0.15, 0.2) is 0 Å². The molecule has 0 radical (unpaired) electrons. The summed E-state index contributed by atoms with van der Waals surface area (Å²) in [6, 6.07) is 15.3. The van der Waals surface area contributed by atoms with Crippen LogP contribution in [-0.4, -0.2) is 23.8 Å². The minimum Gasteiger partial charge on any atom is -0.444 e. The quantitative estimate of drug-likeness (QED) is 0.888. The minimum absolute atomic E-state index is 0.197. The standard InChI is InChI=1S/C19H24N2O2/c1-19(2,3)23-18(22)21-17-11-16(12-17)20-15-9-8-13-6-4-5-7-14(13)10-15/h4-10,16-17,20H,11-12H2,1-3H3,(H,21,22). The fourth-order valence-corrected chi connectivity index (χ4v) is 2.84. The molecule has 1 aliphatic carbocycles. The van der Waals surface area contributed by atoms with Crippen LogP contribution in [0.2, 0.25) is 0 Å². The number of carbonyl (C=O) groups excluding carboxylic acids is 1. The summed E-state index contributed by atoms with van der Waals surface area (Å²) in [6.07, 6.45) is 1.52. The molecule has 1 saturated carbocycles. The molecule has 2 aromatic carbocycles. The van der Waals surface area contributed by atoms with E-state index in [0.29, 0.717) is 6.04 Å². The van der Waals surface area contributed by atoms with Crippen LogP contribution in [0.1, 0.15) is 33.6 Å². The summed E-state index contributed by atoms with van der Waals surface area (Å²) in [5.41, 5.74) is 0.681. The van der Waals surface area contributed by atoms with Gasteiger partial charge in [-0.15, -0.1) is 0 Å². The molecule has 1 amide bonds. The predicted octanol–water partition coefficient (Wildman–Crippen LogP) is 4.31. The number of carbonyl (C=O) groups is 1. The molecule has 2 N–H and O–H groups in total. The summed E-state index contributed by atoms with van der Waals surface area (Å²) in [5.74, 6) is 0. The molecular formula is C19H24N2O2. The molecule has 4 heteroatoms. The third-order valence-corrected chi connectivity index (χ3v) is 3.98. The molecule has 1 aliphatic rings. The van der Waals surface area contributed by atoms with Gasteiger partial charge in [0, 0.05) is 17.8 Å². The number of anilines is 1. The van der Waals surface area contributed by atoms with Gasteiger partial charge < -0.3 is 15.4 Å². The maximum Gasteiger partial charge on any atom is 0.407 e. The highest BCUT2D eigenvalue weighted by Gasteiger charge is 2.31. The fraction of sp³-hybridized carbons (Fsp3) is 0.421. The first kappa shape index (κ1) is 15.7. The number of hydrogen-bond acceptors (Lipinski definition) is 3. The van der Waals surface area contributed by atoms with E-state index < -0.39 is 5.60 Å². The zero-order valence-electron chi connectivity index (χ0n) is 13.9. The fourth-order valence-electron chi connectivity index (χ4n) is 2.84. The second kappa shape index (κ2) is 6.11. The van der Waals surface area contributed by atoms with E-state index in [9.17, 15) is 4.79 Å². The number of rotatable bonds is 3. The zero-order valence-corrected chi connectivity index (χ0v) is 13.9. The van der Waals surface area contributed by atoms with Gasteiger partial charge in [0.25, 0.3) is 0 Å². The number of hydrogen-bond donors (Lipinski definition) is 2. The van der Waals surface area contributed by atoms with E-state index in [1.54, 1.807) is 0 Å². The Balaban J connectivity index is 1.49. The van der Waals surface area contributed by atoms with E-state index in [-0.39, 0.29) is 12.1 Å². The van der Waals surface area contributed by atoms with Crippen LogP contribution < -0.4 is 10.6 Å². The van der Waals surface area contributed by atoms with Crippen molar-refractivity contribution < 1.29 is 9.53 Å². The Morgan fingerprint density at radius 1 is 1.04 bits per heavy atom. The zero-order chi connectivity index (χ0) is 16.4. The van der Waals surface area contributed by atoms with Crippen molar-refractivity contribution >= 4 is 22.6 Å². The van der Waals surface area contributed by atoms with Crippen molar-refractivity contribution in [2.75, 3.05) is 5.32 Å². The van der Waals surface area contributed by atoms with Gasteiger partial charge in [0.1, 0.15) is 5.60 Å². The van der Waals surface area contributed by atoms with Crippen molar-refractivity contribution in [2.24, 2.45) is 0 Å². The topological polar surface area (TPSA) is 50.4 Å². The van der Waals surface area contributed by atoms with Gasteiger partial charge in [-0.05, 0) is 56.5 Å². The lowest BCUT2D eigenvalue weighted by molar-refractivity contribution is 0.0475. The van der Waals surface area contributed by atoms with Crippen LogP contribution in [0.4, 0.5) is 10.5 Å². The summed E-state index contributed by atoms with van der Waals surface area (Å²) in [5, 5.41) is 8.93. The Bertz CT molecular complexity index is 700. The highest BCUT2D eigenvalue weighted by molar-refractivity contribution is 5.85. The normalized spacial score (nSPS) is 20.7. The lowest BCUT2D eigenvalue weighted by atomic mass is 9.86. The monoisotopic (exact) mass is 312 g/mol. The van der Waals surface area contributed by atoms with E-state index in [1.807, 2.05) is 26.8 Å². The second-order valence-electron chi connectivity index (χ2n) is 7.22. The van der Waals surface area contributed by atoms with Gasteiger partial charge in [0.05, 0.1) is 0 Å². The summed E-state index contributed by atoms with van der Waals surface area (Å²) >= 11 is 0. The van der Waals surface area contributed by atoms with Crippen LogP contribution in [0, 0.1) is 0 Å². The minimum atomic E-state index is -0.448. The molecule has 0 aromatic heterocycles. The highest BCUT2D eigenvalue weighted by Crippen LogP contribution is 2.26. The Kier molecular flexibility index (Phi) is 4.16. The summed E-state index contributed by atoms with van der Waals surface area (Å²) in [4.78, 5) is 11.7. The molecule has 122 valence electrons. The molecule has 4 nitrogen and oxygen atoms in total. The van der Waals surface area contributed by atoms with E-state index in [0.717, 1.165) is 18.5 Å². The molecule has 0 atom stereocenters. The molecule has 0 spiro atoms. The summed E-state index contributed by atoms with van der Waals surface area (Å²) < 4.78 is 5.28. The van der Waals surface area contributed by atoms with Gasteiger partial charge in [0.2, 0.25) is 0 Å². The molecule has 3 rings (SSSR count). The van der Waals surface area contributed by atoms with Crippen LogP contribution in [-0.2, 0) is 4.74 Å². The third-order valence-electron chi connectivity index (χ3n) is 3.98. The van der Waals surface area contributed by atoms with E-state index in [1.165, 1.54) is 10.8 Å². The maximum absolute atomic E-state index is 11.7. The first-order chi connectivity index (χ1) is 10.9. The van der Waals surface area contributed by atoms with E-state index in [4.69, 9.17) is 4.74 Å². The maximum atomic E-state index is 11.7. The predicted molar refractivity (Wildman–Crippen MR) is 93.8 cm³/mol. The lowest BCUT2D eigenvalue weighted by Gasteiger charge is -2.37. The number of benzene rings is 2. The van der Waals surface area contributed by atoms with Gasteiger partial charge in [-0.3, -0.25) is 0 Å². The van der Waals surface area contributed by atoms with Crippen LogP contribution >= 0.6 is 0 Å². The third kappa shape index (κ3) is 4.15. The van der Waals surface area contributed by atoms with Gasteiger partial charge >= 0.3 is 6.09 Å². The van der Waals surface area contributed by atoms with Gasteiger partial charge in [-0.1, -0.05) is 30.3 Å². The van der Waals surface area contributed by atoms with Crippen LogP contribution in [0.3, 0.4) is 0 Å². The molecule has 2 aromatic rings. The number of amides is 1. The Hall–Kier alpha value is -2.23. The molecular weight excluding hydrogens is 288 g/mol. The second-order valence-corrected chi connectivity index (χ2v) is 7.22. The Labute approximate surface area is 137 Å². The SMILES string of the molecule is CC(C)(C)OC(=O)NC1CC(Nc2ccc3ccccc3c2)C1.